The van der Waals surface area contributed by atoms with E-state index >= 15 is 0 Å². The lowest BCUT2D eigenvalue weighted by atomic mass is 10.2. The van der Waals surface area contributed by atoms with Gasteiger partial charge in [0.15, 0.2) is 11.5 Å². The first-order valence-electron chi connectivity index (χ1n) is 7.71. The zero-order valence-electron chi connectivity index (χ0n) is 13.0. The van der Waals surface area contributed by atoms with E-state index < -0.39 is 5.82 Å². The highest BCUT2D eigenvalue weighted by molar-refractivity contribution is 5.94. The molecule has 0 bridgehead atoms. The Morgan fingerprint density at radius 1 is 1.08 bits per heavy atom. The van der Waals surface area contributed by atoms with Crippen molar-refractivity contribution in [3.63, 3.8) is 0 Å². The molecule has 2 heterocycles. The van der Waals surface area contributed by atoms with Crippen molar-refractivity contribution in [2.45, 2.75) is 6.42 Å². The second-order valence-electron chi connectivity index (χ2n) is 5.50. The van der Waals surface area contributed by atoms with E-state index in [2.05, 4.69) is 10.2 Å². The Balaban J connectivity index is 1.70. The minimum absolute atomic E-state index is 0.101. The quantitative estimate of drug-likeness (QED) is 0.842. The van der Waals surface area contributed by atoms with Gasteiger partial charge < -0.3 is 9.80 Å². The largest absolute Gasteiger partial charge is 0.353 e. The van der Waals surface area contributed by atoms with Crippen LogP contribution >= 0.6 is 0 Å². The van der Waals surface area contributed by atoms with Crippen molar-refractivity contribution < 1.29 is 9.18 Å². The summed E-state index contributed by atoms with van der Waals surface area (Å²) < 4.78 is 13.8. The summed E-state index contributed by atoms with van der Waals surface area (Å²) in [5.74, 6) is -0.114. The number of nitrogens with zero attached hydrogens (tertiary/aromatic N) is 5. The highest BCUT2D eigenvalue weighted by Crippen LogP contribution is 2.16. The molecule has 0 saturated carbocycles. The van der Waals surface area contributed by atoms with E-state index in [4.69, 9.17) is 5.26 Å². The summed E-state index contributed by atoms with van der Waals surface area (Å²) >= 11 is 0. The molecule has 0 N–H and O–H groups in total. The third-order valence-corrected chi connectivity index (χ3v) is 3.98. The van der Waals surface area contributed by atoms with Crippen molar-refractivity contribution in [3.05, 3.63) is 53.5 Å². The Hall–Kier alpha value is -3.01. The van der Waals surface area contributed by atoms with Gasteiger partial charge in [-0.05, 0) is 30.7 Å². The Morgan fingerprint density at radius 2 is 1.92 bits per heavy atom. The smallest absolute Gasteiger partial charge is 0.256 e. The number of aromatic nitrogens is 2. The summed E-state index contributed by atoms with van der Waals surface area (Å²) in [5, 5.41) is 16.6. The summed E-state index contributed by atoms with van der Waals surface area (Å²) in [6, 6.07) is 11.3. The summed E-state index contributed by atoms with van der Waals surface area (Å²) in [5.41, 5.74) is 0.369. The minimum Gasteiger partial charge on any atom is -0.353 e. The molecule has 1 saturated heterocycles. The van der Waals surface area contributed by atoms with Gasteiger partial charge in [0.1, 0.15) is 11.9 Å². The van der Waals surface area contributed by atoms with E-state index in [0.29, 0.717) is 25.5 Å². The molecule has 1 aliphatic rings. The number of amides is 1. The van der Waals surface area contributed by atoms with E-state index in [9.17, 15) is 9.18 Å². The van der Waals surface area contributed by atoms with Crippen molar-refractivity contribution in [1.82, 2.24) is 15.1 Å². The molecule has 1 aromatic heterocycles. The second-order valence-corrected chi connectivity index (χ2v) is 5.50. The van der Waals surface area contributed by atoms with Gasteiger partial charge in [-0.15, -0.1) is 10.2 Å². The van der Waals surface area contributed by atoms with Crippen LogP contribution in [-0.2, 0) is 0 Å². The van der Waals surface area contributed by atoms with E-state index in [1.54, 1.807) is 29.2 Å². The number of carbonyl (C=O) groups excluding carboxylic acids is 1. The fourth-order valence-corrected chi connectivity index (χ4v) is 2.71. The first-order chi connectivity index (χ1) is 11.7. The zero-order valence-corrected chi connectivity index (χ0v) is 13.0. The number of carbonyl (C=O) groups is 1. The lowest BCUT2D eigenvalue weighted by Crippen LogP contribution is -2.35. The predicted octanol–water partition coefficient (Wildman–Crippen LogP) is 1.84. The number of anilines is 1. The van der Waals surface area contributed by atoms with Crippen molar-refractivity contribution >= 4 is 11.7 Å². The fraction of sp³-hybridized carbons (Fsp3) is 0.294. The molecule has 0 atom stereocenters. The molecule has 24 heavy (non-hydrogen) atoms. The number of nitriles is 1. The Labute approximate surface area is 139 Å². The van der Waals surface area contributed by atoms with Gasteiger partial charge in [0.2, 0.25) is 0 Å². The predicted molar refractivity (Wildman–Crippen MR) is 85.9 cm³/mol. The van der Waals surface area contributed by atoms with E-state index in [1.165, 1.54) is 12.1 Å². The molecule has 0 spiro atoms. The summed E-state index contributed by atoms with van der Waals surface area (Å²) in [6.07, 6.45) is 0.752. The molecule has 122 valence electrons. The summed E-state index contributed by atoms with van der Waals surface area (Å²) in [6.45, 7) is 2.35. The highest BCUT2D eigenvalue weighted by atomic mass is 19.1. The number of halogens is 1. The Morgan fingerprint density at radius 3 is 2.62 bits per heavy atom. The molecule has 1 aromatic carbocycles. The van der Waals surface area contributed by atoms with Crippen LogP contribution in [-0.4, -0.2) is 47.2 Å². The molecular weight excluding hydrogens is 309 g/mol. The van der Waals surface area contributed by atoms with Crippen LogP contribution in [0.1, 0.15) is 22.5 Å². The van der Waals surface area contributed by atoms with E-state index in [-0.39, 0.29) is 17.2 Å². The topological polar surface area (TPSA) is 73.1 Å². The molecule has 3 rings (SSSR count). The van der Waals surface area contributed by atoms with Gasteiger partial charge in [0.05, 0.1) is 5.56 Å². The Bertz CT molecular complexity index is 771. The van der Waals surface area contributed by atoms with Gasteiger partial charge in [-0.1, -0.05) is 12.1 Å². The van der Waals surface area contributed by atoms with E-state index in [1.807, 2.05) is 11.0 Å². The normalized spacial score (nSPS) is 14.8. The highest BCUT2D eigenvalue weighted by Gasteiger charge is 2.22. The molecular formula is C17H16FN5O. The maximum absolute atomic E-state index is 13.8. The number of benzene rings is 1. The average molecular weight is 325 g/mol. The van der Waals surface area contributed by atoms with Gasteiger partial charge in [-0.3, -0.25) is 4.79 Å². The van der Waals surface area contributed by atoms with Crippen LogP contribution in [0.25, 0.3) is 0 Å². The fourth-order valence-electron chi connectivity index (χ4n) is 2.71. The molecule has 1 aliphatic heterocycles. The van der Waals surface area contributed by atoms with Gasteiger partial charge in [0.25, 0.3) is 5.91 Å². The van der Waals surface area contributed by atoms with Crippen LogP contribution in [0.3, 0.4) is 0 Å². The SMILES string of the molecule is N#Cc1ccc(N2CCCN(C(=O)c3ccccc3F)CC2)nn1. The van der Waals surface area contributed by atoms with Gasteiger partial charge in [-0.25, -0.2) is 4.39 Å². The van der Waals surface area contributed by atoms with Gasteiger partial charge in [0, 0.05) is 26.2 Å². The monoisotopic (exact) mass is 325 g/mol. The molecule has 0 aliphatic carbocycles. The molecule has 6 nitrogen and oxygen atoms in total. The number of rotatable bonds is 2. The zero-order chi connectivity index (χ0) is 16.9. The first kappa shape index (κ1) is 15.9. The van der Waals surface area contributed by atoms with Crippen molar-refractivity contribution in [1.29, 1.82) is 5.26 Å². The lowest BCUT2D eigenvalue weighted by molar-refractivity contribution is 0.0762. The van der Waals surface area contributed by atoms with Crippen LogP contribution in [0.4, 0.5) is 10.2 Å². The third-order valence-electron chi connectivity index (χ3n) is 3.98. The number of hydrogen-bond donors (Lipinski definition) is 0. The second kappa shape index (κ2) is 7.04. The maximum atomic E-state index is 13.8. The van der Waals surface area contributed by atoms with Crippen molar-refractivity contribution in [2.75, 3.05) is 31.1 Å². The molecule has 1 fully saturated rings. The maximum Gasteiger partial charge on any atom is 0.256 e. The molecule has 2 aromatic rings. The van der Waals surface area contributed by atoms with Crippen LogP contribution in [0.2, 0.25) is 0 Å². The molecule has 7 heteroatoms. The first-order valence-corrected chi connectivity index (χ1v) is 7.71. The van der Waals surface area contributed by atoms with Gasteiger partial charge >= 0.3 is 0 Å². The molecule has 1 amide bonds. The Kier molecular flexibility index (Phi) is 4.66. The van der Waals surface area contributed by atoms with Crippen molar-refractivity contribution in [3.8, 4) is 6.07 Å². The van der Waals surface area contributed by atoms with Crippen LogP contribution in [0.5, 0.6) is 0 Å². The molecule has 0 radical (unpaired) electrons. The lowest BCUT2D eigenvalue weighted by Gasteiger charge is -2.22. The van der Waals surface area contributed by atoms with Gasteiger partial charge in [-0.2, -0.15) is 5.26 Å². The van der Waals surface area contributed by atoms with Crippen molar-refractivity contribution in [2.24, 2.45) is 0 Å². The minimum atomic E-state index is -0.499. The molecule has 0 unspecified atom stereocenters. The average Bonchev–Trinajstić information content (AvgIpc) is 2.88. The van der Waals surface area contributed by atoms with Crippen LogP contribution in [0, 0.1) is 17.1 Å². The summed E-state index contributed by atoms with van der Waals surface area (Å²) in [7, 11) is 0. The van der Waals surface area contributed by atoms with Crippen LogP contribution in [0.15, 0.2) is 36.4 Å². The third kappa shape index (κ3) is 3.33. The number of hydrogen-bond acceptors (Lipinski definition) is 5. The summed E-state index contributed by atoms with van der Waals surface area (Å²) in [4.78, 5) is 16.2. The van der Waals surface area contributed by atoms with E-state index in [0.717, 1.165) is 13.0 Å². The standard InChI is InChI=1S/C17H16FN5O/c18-15-5-2-1-4-14(15)17(24)23-9-3-8-22(10-11-23)16-7-6-13(12-19)20-21-16/h1-2,4-7H,3,8-11H2. The van der Waals surface area contributed by atoms with Crippen LogP contribution < -0.4 is 4.90 Å².